The summed E-state index contributed by atoms with van der Waals surface area (Å²) in [7, 11) is 0. The zero-order valence-electron chi connectivity index (χ0n) is 6.19. The summed E-state index contributed by atoms with van der Waals surface area (Å²) in [5.74, 6) is 1.99. The van der Waals surface area contributed by atoms with Crippen LogP contribution in [0.2, 0.25) is 0 Å². The monoisotopic (exact) mass is 171 g/mol. The van der Waals surface area contributed by atoms with Crippen molar-refractivity contribution in [1.82, 2.24) is 25.5 Å². The Balaban J connectivity index is 2.21. The van der Waals surface area contributed by atoms with Crippen molar-refractivity contribution in [1.29, 1.82) is 0 Å². The standard InChI is InChI=1S/C5H9N5S/c1-4-7-8-9-10(4)5-6-2-3-11-5/h5-6H,2-3H2,1H3. The SMILES string of the molecule is Cc1nnnn1C1NCCS1. The van der Waals surface area contributed by atoms with Crippen LogP contribution >= 0.6 is 11.8 Å². The van der Waals surface area contributed by atoms with Gasteiger partial charge in [-0.25, -0.2) is 4.68 Å². The summed E-state index contributed by atoms with van der Waals surface area (Å²) in [5, 5.41) is 14.5. The quantitative estimate of drug-likeness (QED) is 0.632. The number of rotatable bonds is 1. The first-order valence-corrected chi connectivity index (χ1v) is 4.52. The number of hydrogen-bond acceptors (Lipinski definition) is 5. The highest BCUT2D eigenvalue weighted by Crippen LogP contribution is 2.23. The Bertz CT molecular complexity index is 241. The lowest BCUT2D eigenvalue weighted by Crippen LogP contribution is -2.20. The Morgan fingerprint density at radius 3 is 3.18 bits per heavy atom. The molecule has 5 nitrogen and oxygen atoms in total. The number of thioether (sulfide) groups is 1. The molecule has 1 unspecified atom stereocenters. The molecule has 1 N–H and O–H groups in total. The molecule has 60 valence electrons. The summed E-state index contributed by atoms with van der Waals surface area (Å²) in [5.41, 5.74) is 0.241. The van der Waals surface area contributed by atoms with E-state index in [1.54, 1.807) is 4.68 Å². The van der Waals surface area contributed by atoms with Gasteiger partial charge in [-0.1, -0.05) is 0 Å². The number of nitrogens with one attached hydrogen (secondary N) is 1. The number of aromatic nitrogens is 4. The molecule has 1 aliphatic rings. The highest BCUT2D eigenvalue weighted by molar-refractivity contribution is 7.99. The molecule has 6 heteroatoms. The van der Waals surface area contributed by atoms with Gasteiger partial charge in [0.1, 0.15) is 0 Å². The molecule has 1 fully saturated rings. The molecule has 0 spiro atoms. The van der Waals surface area contributed by atoms with E-state index in [2.05, 4.69) is 20.8 Å². The molecule has 0 saturated carbocycles. The third-order valence-electron chi connectivity index (χ3n) is 1.58. The summed E-state index contributed by atoms with van der Waals surface area (Å²) >= 11 is 1.82. The van der Waals surface area contributed by atoms with Crippen LogP contribution in [0.25, 0.3) is 0 Å². The molecule has 0 aliphatic carbocycles. The molecule has 0 bridgehead atoms. The van der Waals surface area contributed by atoms with Crippen molar-refractivity contribution in [3.05, 3.63) is 5.82 Å². The molecule has 1 atom stereocenters. The second-order valence-electron chi connectivity index (χ2n) is 2.35. The second-order valence-corrected chi connectivity index (χ2v) is 3.54. The molecular weight excluding hydrogens is 162 g/mol. The van der Waals surface area contributed by atoms with Gasteiger partial charge >= 0.3 is 0 Å². The van der Waals surface area contributed by atoms with Crippen LogP contribution in [0.15, 0.2) is 0 Å². The third kappa shape index (κ3) is 1.23. The fourth-order valence-corrected chi connectivity index (χ4v) is 2.05. The number of hydrogen-bond donors (Lipinski definition) is 1. The highest BCUT2D eigenvalue weighted by atomic mass is 32.2. The van der Waals surface area contributed by atoms with E-state index in [1.807, 2.05) is 18.7 Å². The average molecular weight is 171 g/mol. The molecule has 2 heterocycles. The summed E-state index contributed by atoms with van der Waals surface area (Å²) in [6, 6.07) is 0. The van der Waals surface area contributed by atoms with Gasteiger partial charge in [0.15, 0.2) is 11.3 Å². The van der Waals surface area contributed by atoms with Crippen molar-refractivity contribution in [2.45, 2.75) is 12.4 Å². The Hall–Kier alpha value is -0.620. The lowest BCUT2D eigenvalue weighted by atomic mass is 10.7. The van der Waals surface area contributed by atoms with Crippen molar-refractivity contribution < 1.29 is 0 Å². The van der Waals surface area contributed by atoms with E-state index in [0.29, 0.717) is 0 Å². The summed E-state index contributed by atoms with van der Waals surface area (Å²) in [6.07, 6.45) is 0. The Morgan fingerprint density at radius 1 is 1.73 bits per heavy atom. The van der Waals surface area contributed by atoms with Gasteiger partial charge in [-0.3, -0.25) is 5.32 Å². The molecule has 1 aliphatic heterocycles. The van der Waals surface area contributed by atoms with Gasteiger partial charge in [0.2, 0.25) is 0 Å². The van der Waals surface area contributed by atoms with Crippen molar-refractivity contribution >= 4 is 11.8 Å². The second kappa shape index (κ2) is 2.78. The summed E-state index contributed by atoms with van der Waals surface area (Å²) in [6.45, 7) is 2.94. The van der Waals surface area contributed by atoms with Crippen LogP contribution in [0.5, 0.6) is 0 Å². The average Bonchev–Trinajstić information content (AvgIpc) is 2.55. The summed E-state index contributed by atoms with van der Waals surface area (Å²) < 4.78 is 1.80. The zero-order chi connectivity index (χ0) is 7.68. The van der Waals surface area contributed by atoms with Crippen LogP contribution in [-0.2, 0) is 0 Å². The van der Waals surface area contributed by atoms with Gasteiger partial charge in [-0.2, -0.15) is 0 Å². The normalized spacial score (nSPS) is 24.3. The predicted octanol–water partition coefficient (Wildman–Crippen LogP) is -0.226. The van der Waals surface area contributed by atoms with E-state index < -0.39 is 0 Å². The first-order valence-electron chi connectivity index (χ1n) is 3.47. The van der Waals surface area contributed by atoms with Gasteiger partial charge in [0.25, 0.3) is 0 Å². The maximum Gasteiger partial charge on any atom is 0.152 e. The van der Waals surface area contributed by atoms with Crippen LogP contribution in [0, 0.1) is 6.92 Å². The highest BCUT2D eigenvalue weighted by Gasteiger charge is 2.18. The maximum absolute atomic E-state index is 3.87. The molecule has 1 saturated heterocycles. The lowest BCUT2D eigenvalue weighted by Gasteiger charge is -2.08. The minimum absolute atomic E-state index is 0.241. The van der Waals surface area contributed by atoms with Crippen molar-refractivity contribution in [2.75, 3.05) is 12.3 Å². The minimum atomic E-state index is 0.241. The molecular formula is C5H9N5S. The van der Waals surface area contributed by atoms with E-state index in [-0.39, 0.29) is 5.50 Å². The van der Waals surface area contributed by atoms with E-state index >= 15 is 0 Å². The van der Waals surface area contributed by atoms with Gasteiger partial charge in [-0.15, -0.1) is 16.9 Å². The molecule has 1 aromatic heterocycles. The van der Waals surface area contributed by atoms with Crippen molar-refractivity contribution in [2.24, 2.45) is 0 Å². The third-order valence-corrected chi connectivity index (χ3v) is 2.70. The van der Waals surface area contributed by atoms with Crippen LogP contribution < -0.4 is 5.32 Å². The number of nitrogens with zero attached hydrogens (tertiary/aromatic N) is 4. The van der Waals surface area contributed by atoms with Crippen molar-refractivity contribution in [3.63, 3.8) is 0 Å². The topological polar surface area (TPSA) is 55.6 Å². The minimum Gasteiger partial charge on any atom is -0.286 e. The van der Waals surface area contributed by atoms with Gasteiger partial charge in [-0.05, 0) is 17.4 Å². The molecule has 0 amide bonds. The maximum atomic E-state index is 3.87. The first kappa shape index (κ1) is 7.05. The lowest BCUT2D eigenvalue weighted by molar-refractivity contribution is 0.505. The first-order chi connectivity index (χ1) is 5.38. The van der Waals surface area contributed by atoms with Crippen LogP contribution in [0.4, 0.5) is 0 Å². The van der Waals surface area contributed by atoms with Crippen LogP contribution in [-0.4, -0.2) is 32.5 Å². The molecule has 1 aromatic rings. The van der Waals surface area contributed by atoms with Crippen LogP contribution in [0.1, 0.15) is 11.3 Å². The molecule has 0 aromatic carbocycles. The molecule has 2 rings (SSSR count). The summed E-state index contributed by atoms with van der Waals surface area (Å²) in [4.78, 5) is 0. The Labute approximate surface area is 68.5 Å². The molecule has 0 radical (unpaired) electrons. The largest absolute Gasteiger partial charge is 0.286 e. The Morgan fingerprint density at radius 2 is 2.64 bits per heavy atom. The number of tetrazole rings is 1. The van der Waals surface area contributed by atoms with E-state index in [1.165, 1.54) is 0 Å². The number of aryl methyl sites for hydroxylation is 1. The predicted molar refractivity (Wildman–Crippen MR) is 42.1 cm³/mol. The Kier molecular flexibility index (Phi) is 1.79. The smallest absolute Gasteiger partial charge is 0.152 e. The van der Waals surface area contributed by atoms with E-state index in [9.17, 15) is 0 Å². The zero-order valence-corrected chi connectivity index (χ0v) is 7.01. The fourth-order valence-electron chi connectivity index (χ4n) is 1.02. The van der Waals surface area contributed by atoms with E-state index in [0.717, 1.165) is 18.1 Å². The van der Waals surface area contributed by atoms with Gasteiger partial charge in [0.05, 0.1) is 0 Å². The van der Waals surface area contributed by atoms with E-state index in [4.69, 9.17) is 0 Å². The molecule has 11 heavy (non-hydrogen) atoms. The van der Waals surface area contributed by atoms with Gasteiger partial charge < -0.3 is 0 Å². The van der Waals surface area contributed by atoms with Gasteiger partial charge in [0, 0.05) is 12.3 Å². The van der Waals surface area contributed by atoms with Crippen LogP contribution in [0.3, 0.4) is 0 Å². The van der Waals surface area contributed by atoms with Crippen molar-refractivity contribution in [3.8, 4) is 0 Å². The fraction of sp³-hybridized carbons (Fsp3) is 0.800.